The molecule has 0 aliphatic carbocycles. The van der Waals surface area contributed by atoms with E-state index >= 15 is 0 Å². The fraction of sp³-hybridized carbons (Fsp3) is 0.698. The van der Waals surface area contributed by atoms with Crippen LogP contribution in [0.2, 0.25) is 0 Å². The average molecular weight is 960 g/mol. The summed E-state index contributed by atoms with van der Waals surface area (Å²) < 4.78 is 16.8. The van der Waals surface area contributed by atoms with E-state index in [9.17, 15) is 14.4 Å². The summed E-state index contributed by atoms with van der Waals surface area (Å²) in [6.07, 6.45) is 75.4. The highest BCUT2D eigenvalue weighted by molar-refractivity contribution is 5.71. The molecule has 0 saturated carbocycles. The number of carbonyl (C=O) groups excluding carboxylic acids is 3. The van der Waals surface area contributed by atoms with E-state index in [2.05, 4.69) is 118 Å². The van der Waals surface area contributed by atoms with Crippen LogP contribution in [0.1, 0.15) is 265 Å². The molecular formula is C63H106O6. The highest BCUT2D eigenvalue weighted by Crippen LogP contribution is 2.14. The molecule has 0 amide bonds. The van der Waals surface area contributed by atoms with Gasteiger partial charge in [0.15, 0.2) is 6.10 Å². The molecule has 0 heterocycles. The van der Waals surface area contributed by atoms with E-state index in [0.717, 1.165) is 103 Å². The molecular weight excluding hydrogens is 853 g/mol. The Bertz CT molecular complexity index is 1380. The number of allylic oxidation sites excluding steroid dienone is 16. The zero-order valence-electron chi connectivity index (χ0n) is 45.0. The number of hydrogen-bond donors (Lipinski definition) is 0. The van der Waals surface area contributed by atoms with Gasteiger partial charge in [-0.2, -0.15) is 0 Å². The lowest BCUT2D eigenvalue weighted by molar-refractivity contribution is -0.167. The fourth-order valence-corrected chi connectivity index (χ4v) is 7.74. The molecule has 0 spiro atoms. The smallest absolute Gasteiger partial charge is 0.306 e. The molecule has 0 radical (unpaired) electrons. The maximum absolute atomic E-state index is 12.8. The molecule has 0 unspecified atom stereocenters. The Kier molecular flexibility index (Phi) is 53.9. The van der Waals surface area contributed by atoms with Crippen LogP contribution in [-0.2, 0) is 28.6 Å². The molecule has 0 aromatic carbocycles. The van der Waals surface area contributed by atoms with Crippen LogP contribution in [0, 0.1) is 0 Å². The predicted molar refractivity (Wildman–Crippen MR) is 297 cm³/mol. The third kappa shape index (κ3) is 55.1. The van der Waals surface area contributed by atoms with Crippen LogP contribution in [0.15, 0.2) is 97.2 Å². The van der Waals surface area contributed by atoms with Crippen LogP contribution in [0.25, 0.3) is 0 Å². The van der Waals surface area contributed by atoms with Gasteiger partial charge in [0, 0.05) is 19.3 Å². The topological polar surface area (TPSA) is 78.9 Å². The van der Waals surface area contributed by atoms with Crippen LogP contribution in [-0.4, -0.2) is 37.2 Å². The highest BCUT2D eigenvalue weighted by Gasteiger charge is 2.19. The van der Waals surface area contributed by atoms with Gasteiger partial charge in [0.2, 0.25) is 0 Å². The summed E-state index contributed by atoms with van der Waals surface area (Å²) in [6, 6.07) is 0. The summed E-state index contributed by atoms with van der Waals surface area (Å²) in [5, 5.41) is 0. The van der Waals surface area contributed by atoms with E-state index in [-0.39, 0.29) is 37.5 Å². The van der Waals surface area contributed by atoms with Crippen molar-refractivity contribution in [1.82, 2.24) is 0 Å². The molecule has 1 atom stereocenters. The van der Waals surface area contributed by atoms with Crippen molar-refractivity contribution in [3.8, 4) is 0 Å². The summed E-state index contributed by atoms with van der Waals surface area (Å²) in [5.74, 6) is -0.980. The number of hydrogen-bond acceptors (Lipinski definition) is 6. The van der Waals surface area contributed by atoms with Crippen molar-refractivity contribution in [2.24, 2.45) is 0 Å². The largest absolute Gasteiger partial charge is 0.462 e. The van der Waals surface area contributed by atoms with E-state index in [1.165, 1.54) is 116 Å². The Balaban J connectivity index is 4.48. The van der Waals surface area contributed by atoms with Crippen molar-refractivity contribution < 1.29 is 28.6 Å². The van der Waals surface area contributed by atoms with E-state index in [1.807, 2.05) is 0 Å². The number of esters is 3. The van der Waals surface area contributed by atoms with Gasteiger partial charge >= 0.3 is 17.9 Å². The molecule has 394 valence electrons. The average Bonchev–Trinajstić information content (AvgIpc) is 3.35. The lowest BCUT2D eigenvalue weighted by atomic mass is 10.1. The number of rotatable bonds is 51. The lowest BCUT2D eigenvalue weighted by Crippen LogP contribution is -2.30. The molecule has 0 bridgehead atoms. The zero-order valence-corrected chi connectivity index (χ0v) is 45.0. The SMILES string of the molecule is CC/C=C/C/C=C/C/C=C/CCCCCCCC(=O)OC[C@H](COC(=O)CCCCCCCCCCC/C=C/CCCCCCCC)OC(=O)CCC/C=C/C/C=C/C/C=C/C/C=C/CCCCC. The van der Waals surface area contributed by atoms with Gasteiger partial charge in [0.1, 0.15) is 13.2 Å². The second-order valence-electron chi connectivity index (χ2n) is 18.8. The maximum Gasteiger partial charge on any atom is 0.306 e. The third-order valence-electron chi connectivity index (χ3n) is 12.0. The number of unbranched alkanes of at least 4 members (excludes halogenated alkanes) is 24. The summed E-state index contributed by atoms with van der Waals surface area (Å²) in [4.78, 5) is 38.1. The second kappa shape index (κ2) is 56.9. The zero-order chi connectivity index (χ0) is 50.0. The first-order chi connectivity index (χ1) is 34.0. The molecule has 0 rings (SSSR count). The van der Waals surface area contributed by atoms with Crippen LogP contribution in [0.4, 0.5) is 0 Å². The molecule has 0 N–H and O–H groups in total. The Hall–Kier alpha value is -3.67. The first kappa shape index (κ1) is 65.3. The summed E-state index contributed by atoms with van der Waals surface area (Å²) in [6.45, 7) is 6.44. The van der Waals surface area contributed by atoms with Crippen molar-refractivity contribution in [1.29, 1.82) is 0 Å². The minimum Gasteiger partial charge on any atom is -0.462 e. The Morgan fingerprint density at radius 3 is 0.971 bits per heavy atom. The van der Waals surface area contributed by atoms with E-state index in [1.54, 1.807) is 0 Å². The highest BCUT2D eigenvalue weighted by atomic mass is 16.6. The van der Waals surface area contributed by atoms with Gasteiger partial charge in [-0.15, -0.1) is 0 Å². The summed E-state index contributed by atoms with van der Waals surface area (Å²) >= 11 is 0. The van der Waals surface area contributed by atoms with Gasteiger partial charge in [-0.05, 0) is 116 Å². The van der Waals surface area contributed by atoms with Crippen LogP contribution < -0.4 is 0 Å². The van der Waals surface area contributed by atoms with Gasteiger partial charge in [0.05, 0.1) is 0 Å². The first-order valence-corrected chi connectivity index (χ1v) is 28.7. The summed E-state index contributed by atoms with van der Waals surface area (Å²) in [7, 11) is 0. The standard InChI is InChI=1S/C63H106O6/c1-4-7-10-13-16-19-22-25-28-30-31-33-35-38-41-44-47-50-53-56-62(65)68-59-60(58-67-61(64)55-52-49-46-43-40-37-34-27-24-21-18-15-12-9-6-3)69-63(66)57-54-51-48-45-42-39-36-32-29-26-23-20-17-14-11-8-5-2/h9,12,17-18,20-21,25-29,34,36,39,45,48,60H,4-8,10-11,13-16,19,22-24,30-33,35,37-38,40-44,46-47,49-59H2,1-3H3/b12-9+,20-17+,21-18+,28-25+,29-26+,34-27+,39-36+,48-45+/t60-/m1/s1. The van der Waals surface area contributed by atoms with Gasteiger partial charge in [0.25, 0.3) is 0 Å². The Morgan fingerprint density at radius 1 is 0.304 bits per heavy atom. The van der Waals surface area contributed by atoms with Crippen molar-refractivity contribution in [3.63, 3.8) is 0 Å². The van der Waals surface area contributed by atoms with E-state index < -0.39 is 6.10 Å². The van der Waals surface area contributed by atoms with Crippen LogP contribution >= 0.6 is 0 Å². The number of ether oxygens (including phenoxy) is 3. The van der Waals surface area contributed by atoms with E-state index in [0.29, 0.717) is 19.3 Å². The maximum atomic E-state index is 12.8. The van der Waals surface area contributed by atoms with Gasteiger partial charge in [-0.3, -0.25) is 14.4 Å². The molecule has 0 aromatic rings. The monoisotopic (exact) mass is 959 g/mol. The molecule has 0 fully saturated rings. The van der Waals surface area contributed by atoms with Gasteiger partial charge < -0.3 is 14.2 Å². The predicted octanol–water partition coefficient (Wildman–Crippen LogP) is 19.3. The van der Waals surface area contributed by atoms with Gasteiger partial charge in [-0.25, -0.2) is 0 Å². The molecule has 0 aliphatic rings. The van der Waals surface area contributed by atoms with Crippen molar-refractivity contribution >= 4 is 17.9 Å². The van der Waals surface area contributed by atoms with E-state index in [4.69, 9.17) is 14.2 Å². The molecule has 69 heavy (non-hydrogen) atoms. The van der Waals surface area contributed by atoms with Gasteiger partial charge in [-0.1, -0.05) is 227 Å². The fourth-order valence-electron chi connectivity index (χ4n) is 7.74. The van der Waals surface area contributed by atoms with Crippen molar-refractivity contribution in [2.75, 3.05) is 13.2 Å². The van der Waals surface area contributed by atoms with Crippen molar-refractivity contribution in [2.45, 2.75) is 271 Å². The van der Waals surface area contributed by atoms with Crippen LogP contribution in [0.5, 0.6) is 0 Å². The molecule has 6 nitrogen and oxygen atoms in total. The van der Waals surface area contributed by atoms with Crippen molar-refractivity contribution in [3.05, 3.63) is 97.2 Å². The molecule has 0 aromatic heterocycles. The van der Waals surface area contributed by atoms with Crippen LogP contribution in [0.3, 0.4) is 0 Å². The lowest BCUT2D eigenvalue weighted by Gasteiger charge is -2.18. The minimum atomic E-state index is -0.815. The molecule has 0 saturated heterocycles. The normalized spacial score (nSPS) is 12.8. The third-order valence-corrected chi connectivity index (χ3v) is 12.0. The number of carbonyl (C=O) groups is 3. The first-order valence-electron chi connectivity index (χ1n) is 28.7. The second-order valence-corrected chi connectivity index (χ2v) is 18.8. The molecule has 6 heteroatoms. The summed E-state index contributed by atoms with van der Waals surface area (Å²) in [5.41, 5.74) is 0. The Labute approximate surface area is 426 Å². The quantitative estimate of drug-likeness (QED) is 0.0262. The molecule has 0 aliphatic heterocycles. The minimum absolute atomic E-state index is 0.106. The Morgan fingerprint density at radius 2 is 0.580 bits per heavy atom.